The summed E-state index contributed by atoms with van der Waals surface area (Å²) >= 11 is 0. The highest BCUT2D eigenvalue weighted by atomic mass is 16.8. The average molecular weight is 587 g/mol. The molecule has 12 heteroatoms. The molecule has 7 rings (SSSR count). The van der Waals surface area contributed by atoms with Gasteiger partial charge in [0.15, 0.2) is 24.1 Å². The number of cyclic esters (lactones) is 1. The second-order valence-electron chi connectivity index (χ2n) is 11.3. The van der Waals surface area contributed by atoms with Gasteiger partial charge in [0, 0.05) is 17.4 Å². The molecule has 2 N–H and O–H groups in total. The van der Waals surface area contributed by atoms with Gasteiger partial charge in [0.1, 0.15) is 35.9 Å². The Morgan fingerprint density at radius 3 is 2.26 bits per heavy atom. The van der Waals surface area contributed by atoms with Gasteiger partial charge in [-0.2, -0.15) is 0 Å². The number of fused-ring (bicyclic) bond motifs is 4. The van der Waals surface area contributed by atoms with Crippen LogP contribution < -0.4 is 18.9 Å². The van der Waals surface area contributed by atoms with Gasteiger partial charge in [-0.25, -0.2) is 0 Å². The van der Waals surface area contributed by atoms with Gasteiger partial charge in [0.25, 0.3) is 0 Å². The van der Waals surface area contributed by atoms with Crippen molar-refractivity contribution >= 4 is 5.97 Å². The Bertz CT molecular complexity index is 1350. The minimum absolute atomic E-state index is 0.0631. The third kappa shape index (κ3) is 4.31. The van der Waals surface area contributed by atoms with Crippen molar-refractivity contribution in [3.8, 4) is 23.0 Å². The molecule has 5 aliphatic rings. The number of hydrogen-bond acceptors (Lipinski definition) is 12. The number of methoxy groups -OCH3 is 2. The molecule has 0 aromatic heterocycles. The van der Waals surface area contributed by atoms with Gasteiger partial charge < -0.3 is 52.8 Å². The van der Waals surface area contributed by atoms with Crippen LogP contribution in [0.3, 0.4) is 0 Å². The maximum absolute atomic E-state index is 13.4. The van der Waals surface area contributed by atoms with E-state index in [0.29, 0.717) is 23.0 Å². The van der Waals surface area contributed by atoms with Gasteiger partial charge in [-0.3, -0.25) is 4.79 Å². The summed E-state index contributed by atoms with van der Waals surface area (Å²) in [7, 11) is 3.18. The zero-order valence-corrected chi connectivity index (χ0v) is 23.7. The van der Waals surface area contributed by atoms with Crippen molar-refractivity contribution < 1.29 is 57.6 Å². The fourth-order valence-corrected chi connectivity index (χ4v) is 6.93. The Hall–Kier alpha value is -3.13. The number of carbonyl (C=O) groups excluding carboxylic acids is 1. The first-order valence-electron chi connectivity index (χ1n) is 14.1. The molecular weight excluding hydrogens is 552 g/mol. The van der Waals surface area contributed by atoms with Crippen molar-refractivity contribution in [1.82, 2.24) is 0 Å². The quantitative estimate of drug-likeness (QED) is 0.495. The third-order valence-corrected chi connectivity index (χ3v) is 9.02. The van der Waals surface area contributed by atoms with Gasteiger partial charge in [-0.1, -0.05) is 0 Å². The average Bonchev–Trinajstić information content (AvgIpc) is 3.61. The first-order chi connectivity index (χ1) is 20.3. The van der Waals surface area contributed by atoms with Crippen LogP contribution in [0.4, 0.5) is 0 Å². The standard InChI is InChI=1S/C30H34O12/c1-12-18(34-3)5-14(6-19(12)35-4)23-15-7-20-21(39-11-38-20)8-16(15)27(17-9-37-29(33)24(17)23)42-30-26(32)25(31)28-22(41-30)10-36-13(2)40-28/h5-8,13,17,22-28,30-32H,9-11H2,1-4H3/t13-,17?,22-,23-,24+,25-,26-,27?,28-,30+/m1/s1. The number of rotatable bonds is 5. The second-order valence-corrected chi connectivity index (χ2v) is 11.3. The minimum atomic E-state index is -1.41. The van der Waals surface area contributed by atoms with Gasteiger partial charge >= 0.3 is 5.97 Å². The number of carbonyl (C=O) groups is 1. The molecule has 1 aliphatic carbocycles. The van der Waals surface area contributed by atoms with Gasteiger partial charge in [-0.15, -0.1) is 0 Å². The van der Waals surface area contributed by atoms with E-state index in [1.165, 1.54) is 0 Å². The number of esters is 1. The molecule has 0 saturated carbocycles. The van der Waals surface area contributed by atoms with Gasteiger partial charge in [-0.05, 0) is 54.8 Å². The van der Waals surface area contributed by atoms with Crippen molar-refractivity contribution in [3.05, 3.63) is 46.5 Å². The first-order valence-corrected chi connectivity index (χ1v) is 14.1. The Morgan fingerprint density at radius 1 is 0.881 bits per heavy atom. The Morgan fingerprint density at radius 2 is 1.57 bits per heavy atom. The van der Waals surface area contributed by atoms with Crippen LogP contribution in [0.2, 0.25) is 0 Å². The predicted octanol–water partition coefficient (Wildman–Crippen LogP) is 1.94. The lowest BCUT2D eigenvalue weighted by Gasteiger charge is -2.47. The van der Waals surface area contributed by atoms with Crippen LogP contribution in [0, 0.1) is 18.8 Å². The molecule has 0 bridgehead atoms. The maximum Gasteiger partial charge on any atom is 0.310 e. The second kappa shape index (κ2) is 10.5. The number of aliphatic hydroxyl groups excluding tert-OH is 2. The van der Waals surface area contributed by atoms with E-state index in [-0.39, 0.29) is 26.0 Å². The largest absolute Gasteiger partial charge is 0.496 e. The molecule has 10 atom stereocenters. The highest BCUT2D eigenvalue weighted by Crippen LogP contribution is 2.56. The predicted molar refractivity (Wildman–Crippen MR) is 141 cm³/mol. The maximum atomic E-state index is 13.4. The fourth-order valence-electron chi connectivity index (χ4n) is 6.93. The zero-order chi connectivity index (χ0) is 29.3. The van der Waals surface area contributed by atoms with Crippen LogP contribution in [0.25, 0.3) is 0 Å². The summed E-state index contributed by atoms with van der Waals surface area (Å²) in [6, 6.07) is 7.54. The summed E-state index contributed by atoms with van der Waals surface area (Å²) in [4.78, 5) is 13.4. The van der Waals surface area contributed by atoms with Crippen molar-refractivity contribution in [2.24, 2.45) is 11.8 Å². The molecule has 2 unspecified atom stereocenters. The SMILES string of the molecule is COc1cc([C@@H]2c3cc4c(cc3C(O[C@@H]3O[C@@H]5CO[C@@H](C)O[C@H]5[C@H](O)[C@H]3O)C3COC(=O)[C@@H]32)OCO4)cc(OC)c1C. The normalized spacial score (nSPS) is 36.5. The number of aliphatic hydroxyl groups is 2. The molecular formula is C30H34O12. The van der Waals surface area contributed by atoms with E-state index in [2.05, 4.69) is 0 Å². The van der Waals surface area contributed by atoms with Crippen LogP contribution in [0.1, 0.15) is 41.2 Å². The lowest BCUT2D eigenvalue weighted by atomic mass is 9.66. The van der Waals surface area contributed by atoms with E-state index in [1.807, 2.05) is 31.2 Å². The van der Waals surface area contributed by atoms with Crippen LogP contribution in [-0.2, 0) is 28.5 Å². The van der Waals surface area contributed by atoms with Gasteiger partial charge in [0.2, 0.25) is 6.79 Å². The monoisotopic (exact) mass is 586 g/mol. The molecule has 3 fully saturated rings. The summed E-state index contributed by atoms with van der Waals surface area (Å²) in [5, 5.41) is 22.0. The van der Waals surface area contributed by atoms with Crippen LogP contribution in [-0.4, -0.2) is 87.4 Å². The summed E-state index contributed by atoms with van der Waals surface area (Å²) < 4.78 is 52.3. The fraction of sp³-hybridized carbons (Fsp3) is 0.567. The van der Waals surface area contributed by atoms with E-state index in [4.69, 9.17) is 42.6 Å². The highest BCUT2D eigenvalue weighted by Gasteiger charge is 2.56. The topological polar surface area (TPSA) is 141 Å². The summed E-state index contributed by atoms with van der Waals surface area (Å²) in [5.41, 5.74) is 3.15. The smallest absolute Gasteiger partial charge is 0.310 e. The number of hydrogen-bond donors (Lipinski definition) is 2. The van der Waals surface area contributed by atoms with Crippen molar-refractivity contribution in [1.29, 1.82) is 0 Å². The molecule has 0 radical (unpaired) electrons. The molecule has 226 valence electrons. The lowest BCUT2D eigenvalue weighted by Crippen LogP contribution is -2.63. The number of benzene rings is 2. The highest BCUT2D eigenvalue weighted by molar-refractivity contribution is 5.79. The van der Waals surface area contributed by atoms with Crippen molar-refractivity contribution in [2.45, 2.75) is 62.9 Å². The van der Waals surface area contributed by atoms with E-state index in [0.717, 1.165) is 22.3 Å². The van der Waals surface area contributed by atoms with Gasteiger partial charge in [0.05, 0.1) is 39.5 Å². The Kier molecular flexibility index (Phi) is 6.95. The van der Waals surface area contributed by atoms with E-state index >= 15 is 0 Å². The molecule has 2 aromatic rings. The van der Waals surface area contributed by atoms with Crippen LogP contribution in [0.15, 0.2) is 24.3 Å². The third-order valence-electron chi connectivity index (χ3n) is 9.02. The van der Waals surface area contributed by atoms with Crippen molar-refractivity contribution in [2.75, 3.05) is 34.2 Å². The minimum Gasteiger partial charge on any atom is -0.496 e. The molecule has 4 heterocycles. The van der Waals surface area contributed by atoms with Crippen molar-refractivity contribution in [3.63, 3.8) is 0 Å². The summed E-state index contributed by atoms with van der Waals surface area (Å²) in [6.45, 7) is 3.95. The molecule has 3 saturated heterocycles. The zero-order valence-electron chi connectivity index (χ0n) is 23.7. The van der Waals surface area contributed by atoms with Crippen LogP contribution >= 0.6 is 0 Å². The summed E-state index contributed by atoms with van der Waals surface area (Å²) in [5.74, 6) is 0.435. The molecule has 2 aromatic carbocycles. The molecule has 42 heavy (non-hydrogen) atoms. The Balaban J connectivity index is 1.32. The number of ether oxygens (including phenoxy) is 9. The first kappa shape index (κ1) is 27.7. The summed E-state index contributed by atoms with van der Waals surface area (Å²) in [6.07, 6.45) is -6.60. The lowest BCUT2D eigenvalue weighted by molar-refractivity contribution is -0.364. The molecule has 12 nitrogen and oxygen atoms in total. The van der Waals surface area contributed by atoms with E-state index in [1.54, 1.807) is 21.1 Å². The van der Waals surface area contributed by atoms with E-state index in [9.17, 15) is 15.0 Å². The molecule has 0 spiro atoms. The molecule has 4 aliphatic heterocycles. The van der Waals surface area contributed by atoms with E-state index < -0.39 is 60.9 Å². The Labute approximate surface area is 242 Å². The molecule has 0 amide bonds. The van der Waals surface area contributed by atoms with Crippen LogP contribution in [0.5, 0.6) is 23.0 Å².